The van der Waals surface area contributed by atoms with E-state index < -0.39 is 5.97 Å². The number of rotatable bonds is 4. The first-order valence-electron chi connectivity index (χ1n) is 11.8. The quantitative estimate of drug-likeness (QED) is 0.316. The zero-order chi connectivity index (χ0) is 28.1. The second kappa shape index (κ2) is 11.6. The molecule has 1 aliphatic heterocycles. The molecule has 5 rings (SSSR count). The Morgan fingerprint density at radius 3 is 2.44 bits per heavy atom. The van der Waals surface area contributed by atoms with Crippen molar-refractivity contribution in [2.24, 2.45) is 0 Å². The van der Waals surface area contributed by atoms with Gasteiger partial charge < -0.3 is 16.2 Å². The first kappa shape index (κ1) is 27.1. The average molecular weight is 545 g/mol. The minimum absolute atomic E-state index is 0.0934. The first-order valence-corrected chi connectivity index (χ1v) is 12.1. The molecule has 0 radical (unpaired) electrons. The number of nitrogens with one attached hydrogen (secondary N) is 1. The molecule has 0 fully saturated rings. The minimum atomic E-state index is -0.833. The summed E-state index contributed by atoms with van der Waals surface area (Å²) >= 11 is 6.46. The fourth-order valence-corrected chi connectivity index (χ4v) is 4.20. The molecule has 2 heterocycles. The Morgan fingerprint density at radius 2 is 1.72 bits per heavy atom. The molecule has 0 saturated heterocycles. The minimum Gasteiger partial charge on any atom is -0.481 e. The molecule has 3 aromatic carbocycles. The molecule has 0 atom stereocenters. The molecule has 39 heavy (non-hydrogen) atoms. The van der Waals surface area contributed by atoms with Crippen LogP contribution in [0.25, 0.3) is 11.1 Å². The number of nitrogens with zero attached hydrogens (tertiary/aromatic N) is 4. The summed E-state index contributed by atoms with van der Waals surface area (Å²) in [6.07, 6.45) is 1.59. The van der Waals surface area contributed by atoms with Crippen molar-refractivity contribution < 1.29 is 19.5 Å². The summed E-state index contributed by atoms with van der Waals surface area (Å²) in [6.45, 7) is 1.30. The molecule has 3 amide bonds. The van der Waals surface area contributed by atoms with Gasteiger partial charge in [-0.1, -0.05) is 54.1 Å². The zero-order valence-electron chi connectivity index (χ0n) is 21.1. The molecule has 11 heteroatoms. The van der Waals surface area contributed by atoms with Crippen LogP contribution in [0.2, 0.25) is 5.02 Å². The normalized spacial score (nSPS) is 12.2. The summed E-state index contributed by atoms with van der Waals surface area (Å²) in [6, 6.07) is 21.9. The van der Waals surface area contributed by atoms with E-state index in [0.29, 0.717) is 27.8 Å². The highest BCUT2D eigenvalue weighted by Crippen LogP contribution is 2.35. The van der Waals surface area contributed by atoms with Gasteiger partial charge >= 0.3 is 6.03 Å². The second-order valence-electron chi connectivity index (χ2n) is 8.59. The third-order valence-electron chi connectivity index (χ3n) is 5.75. The van der Waals surface area contributed by atoms with Crippen molar-refractivity contribution in [3.8, 4) is 11.1 Å². The number of hydrogen-bond donors (Lipinski definition) is 3. The lowest BCUT2D eigenvalue weighted by Gasteiger charge is -2.34. The van der Waals surface area contributed by atoms with Gasteiger partial charge in [0.25, 0.3) is 11.9 Å². The van der Waals surface area contributed by atoms with E-state index in [1.54, 1.807) is 37.5 Å². The maximum absolute atomic E-state index is 13.1. The molecule has 198 valence electrons. The van der Waals surface area contributed by atoms with Crippen LogP contribution in [0.1, 0.15) is 22.8 Å². The van der Waals surface area contributed by atoms with Crippen molar-refractivity contribution >= 4 is 52.6 Å². The topological polar surface area (TPSA) is 142 Å². The summed E-state index contributed by atoms with van der Waals surface area (Å²) in [5, 5.41) is 10.7. The summed E-state index contributed by atoms with van der Waals surface area (Å²) < 4.78 is 0. The lowest BCUT2D eigenvalue weighted by atomic mass is 10.0. The number of aromatic nitrogens is 2. The largest absolute Gasteiger partial charge is 0.481 e. The fourth-order valence-electron chi connectivity index (χ4n) is 3.98. The van der Waals surface area contributed by atoms with E-state index in [1.165, 1.54) is 9.80 Å². The van der Waals surface area contributed by atoms with E-state index in [9.17, 15) is 9.59 Å². The molecule has 4 N–H and O–H groups in total. The highest BCUT2D eigenvalue weighted by molar-refractivity contribution is 6.34. The van der Waals surface area contributed by atoms with E-state index in [1.807, 2.05) is 48.5 Å². The number of nitrogen functional groups attached to an aromatic ring is 1. The van der Waals surface area contributed by atoms with Gasteiger partial charge in [-0.15, -0.1) is 0 Å². The van der Waals surface area contributed by atoms with Gasteiger partial charge in [0.1, 0.15) is 5.82 Å². The highest BCUT2D eigenvalue weighted by Gasteiger charge is 2.31. The van der Waals surface area contributed by atoms with Crippen LogP contribution in [0.5, 0.6) is 0 Å². The van der Waals surface area contributed by atoms with Gasteiger partial charge in [-0.2, -0.15) is 4.98 Å². The van der Waals surface area contributed by atoms with Crippen molar-refractivity contribution in [2.75, 3.05) is 27.9 Å². The predicted molar refractivity (Wildman–Crippen MR) is 151 cm³/mol. The molecular formula is C28H25ClN6O4. The predicted octanol–water partition coefficient (Wildman–Crippen LogP) is 5.30. The number of anilines is 4. The molecule has 0 unspecified atom stereocenters. The first-order chi connectivity index (χ1) is 18.6. The van der Waals surface area contributed by atoms with Crippen molar-refractivity contribution in [3.05, 3.63) is 95.1 Å². The standard InChI is InChI=1S/C26H21ClN6O2.C2H4O2/c1-32-23-19(14-29-25(28)31-23)15-33(26(32)35)22-13-20(10-11-21(22)27)30-24(34)18-9-5-8-17(12-18)16-6-3-2-4-7-16;1-2(3)4/h2-14H,15H2,1H3,(H,30,34)(H2,28,29,31);1H3,(H,3,4). The van der Waals surface area contributed by atoms with Gasteiger partial charge in [0, 0.05) is 37.0 Å². The number of fused-ring (bicyclic) bond motifs is 1. The molecular weight excluding hydrogens is 520 g/mol. The van der Waals surface area contributed by atoms with Gasteiger partial charge in [0.2, 0.25) is 5.95 Å². The number of urea groups is 1. The van der Waals surface area contributed by atoms with E-state index in [0.717, 1.165) is 23.6 Å². The number of carboxylic acid groups (broad SMARTS) is 1. The number of halogens is 1. The highest BCUT2D eigenvalue weighted by atomic mass is 35.5. The molecule has 0 aliphatic carbocycles. The van der Waals surface area contributed by atoms with Crippen LogP contribution >= 0.6 is 11.6 Å². The van der Waals surface area contributed by atoms with Gasteiger partial charge in [0.05, 0.1) is 17.3 Å². The van der Waals surface area contributed by atoms with E-state index >= 15 is 0 Å². The Labute approximate surface area is 229 Å². The average Bonchev–Trinajstić information content (AvgIpc) is 2.92. The Hall–Kier alpha value is -4.96. The van der Waals surface area contributed by atoms with Crippen LogP contribution < -0.4 is 20.9 Å². The SMILES string of the molecule is CC(=O)O.CN1C(=O)N(c2cc(NC(=O)c3cccc(-c4ccccc4)c3)ccc2Cl)Cc2cnc(N)nc21. The van der Waals surface area contributed by atoms with E-state index in [2.05, 4.69) is 15.3 Å². The van der Waals surface area contributed by atoms with Gasteiger partial charge in [-0.05, 0) is 41.5 Å². The number of carboxylic acids is 1. The number of amides is 3. The van der Waals surface area contributed by atoms with Crippen LogP contribution in [0.15, 0.2) is 79.0 Å². The van der Waals surface area contributed by atoms with Crippen LogP contribution in [0.3, 0.4) is 0 Å². The molecule has 0 spiro atoms. The van der Waals surface area contributed by atoms with Crippen LogP contribution in [0, 0.1) is 0 Å². The second-order valence-corrected chi connectivity index (χ2v) is 9.00. The maximum Gasteiger partial charge on any atom is 0.330 e. The number of carbonyl (C=O) groups is 3. The lowest BCUT2D eigenvalue weighted by molar-refractivity contribution is -0.134. The van der Waals surface area contributed by atoms with Crippen molar-refractivity contribution in [2.45, 2.75) is 13.5 Å². The monoisotopic (exact) mass is 544 g/mol. The molecule has 0 bridgehead atoms. The molecule has 0 saturated carbocycles. The molecule has 4 aromatic rings. The Kier molecular flexibility index (Phi) is 8.07. The zero-order valence-corrected chi connectivity index (χ0v) is 21.9. The third-order valence-corrected chi connectivity index (χ3v) is 6.07. The van der Waals surface area contributed by atoms with Crippen LogP contribution in [-0.4, -0.2) is 40.0 Å². The smallest absolute Gasteiger partial charge is 0.330 e. The summed E-state index contributed by atoms with van der Waals surface area (Å²) in [7, 11) is 1.61. The maximum atomic E-state index is 13.1. The van der Waals surface area contributed by atoms with E-state index in [4.69, 9.17) is 27.2 Å². The Bertz CT molecular complexity index is 1540. The lowest BCUT2D eigenvalue weighted by Crippen LogP contribution is -2.46. The van der Waals surface area contributed by atoms with Crippen molar-refractivity contribution in [1.29, 1.82) is 0 Å². The van der Waals surface area contributed by atoms with Gasteiger partial charge in [-0.25, -0.2) is 9.78 Å². The Balaban J connectivity index is 0.000000826. The fraction of sp³-hybridized carbons (Fsp3) is 0.107. The summed E-state index contributed by atoms with van der Waals surface area (Å²) in [5.41, 5.74) is 9.86. The number of benzene rings is 3. The molecule has 1 aromatic heterocycles. The summed E-state index contributed by atoms with van der Waals surface area (Å²) in [4.78, 5) is 46.2. The van der Waals surface area contributed by atoms with Gasteiger partial charge in [-0.3, -0.25) is 19.4 Å². The number of nitrogens with two attached hydrogens (primary N) is 1. The van der Waals surface area contributed by atoms with Crippen LogP contribution in [-0.2, 0) is 11.3 Å². The number of aliphatic carboxylic acids is 1. The summed E-state index contributed by atoms with van der Waals surface area (Å²) in [5.74, 6) is -0.555. The number of carbonyl (C=O) groups excluding carboxylic acids is 2. The number of hydrogen-bond acceptors (Lipinski definition) is 6. The van der Waals surface area contributed by atoms with E-state index in [-0.39, 0.29) is 24.4 Å². The third kappa shape index (κ3) is 6.31. The van der Waals surface area contributed by atoms with Crippen molar-refractivity contribution in [3.63, 3.8) is 0 Å². The van der Waals surface area contributed by atoms with Gasteiger partial charge in [0.15, 0.2) is 0 Å². The molecule has 10 nitrogen and oxygen atoms in total. The molecule has 1 aliphatic rings. The van der Waals surface area contributed by atoms with Crippen LogP contribution in [0.4, 0.5) is 27.9 Å². The van der Waals surface area contributed by atoms with Crippen molar-refractivity contribution in [1.82, 2.24) is 9.97 Å². The Morgan fingerprint density at radius 1 is 1.03 bits per heavy atom.